The second-order valence-electron chi connectivity index (χ2n) is 6.86. The molecular formula is C15H26N2O3. The van der Waals surface area contributed by atoms with Gasteiger partial charge in [0.2, 0.25) is 0 Å². The van der Waals surface area contributed by atoms with Gasteiger partial charge in [0.1, 0.15) is 11.4 Å². The van der Waals surface area contributed by atoms with Crippen LogP contribution in [0.3, 0.4) is 0 Å². The number of hydrogen-bond acceptors (Lipinski definition) is 4. The minimum absolute atomic E-state index is 0.226. The number of rotatable bonds is 1. The maximum atomic E-state index is 12.1. The van der Waals surface area contributed by atoms with Crippen LogP contribution in [0.5, 0.6) is 0 Å². The van der Waals surface area contributed by atoms with Crippen molar-refractivity contribution in [2.24, 2.45) is 5.92 Å². The number of carbonyl (C=O) groups excluding carboxylic acids is 2. The Morgan fingerprint density at radius 2 is 1.95 bits per heavy atom. The molecule has 114 valence electrons. The Bertz CT molecular complexity index is 366. The summed E-state index contributed by atoms with van der Waals surface area (Å²) < 4.78 is 5.44. The first kappa shape index (κ1) is 15.3. The quantitative estimate of drug-likeness (QED) is 0.798. The van der Waals surface area contributed by atoms with Crippen molar-refractivity contribution in [3.63, 3.8) is 0 Å². The van der Waals surface area contributed by atoms with E-state index < -0.39 is 5.60 Å². The smallest absolute Gasteiger partial charge is 0.410 e. The van der Waals surface area contributed by atoms with Crippen molar-refractivity contribution in [1.29, 1.82) is 0 Å². The molecule has 1 aliphatic carbocycles. The van der Waals surface area contributed by atoms with Crippen LogP contribution in [0.1, 0.15) is 46.5 Å². The number of Topliss-reactive ketones (excluding diaryl/α,β-unsaturated/α-hetero) is 1. The van der Waals surface area contributed by atoms with Gasteiger partial charge in [0.15, 0.2) is 0 Å². The molecule has 0 aromatic rings. The summed E-state index contributed by atoms with van der Waals surface area (Å²) in [5.74, 6) is 0.874. The van der Waals surface area contributed by atoms with Crippen molar-refractivity contribution in [3.8, 4) is 0 Å². The fourth-order valence-corrected chi connectivity index (χ4v) is 2.95. The third kappa shape index (κ3) is 4.20. The summed E-state index contributed by atoms with van der Waals surface area (Å²) in [5, 5.41) is 3.49. The van der Waals surface area contributed by atoms with Crippen LogP contribution in [0.2, 0.25) is 0 Å². The van der Waals surface area contributed by atoms with Crippen molar-refractivity contribution < 1.29 is 14.3 Å². The van der Waals surface area contributed by atoms with E-state index in [2.05, 4.69) is 5.32 Å². The van der Waals surface area contributed by atoms with Gasteiger partial charge in [-0.1, -0.05) is 0 Å². The molecule has 2 aliphatic rings. The maximum Gasteiger partial charge on any atom is 0.410 e. The zero-order valence-corrected chi connectivity index (χ0v) is 12.8. The summed E-state index contributed by atoms with van der Waals surface area (Å²) >= 11 is 0. The Labute approximate surface area is 121 Å². The molecule has 1 atom stereocenters. The predicted molar refractivity (Wildman–Crippen MR) is 76.6 cm³/mol. The molecule has 1 aliphatic heterocycles. The zero-order valence-electron chi connectivity index (χ0n) is 12.8. The molecule has 1 unspecified atom stereocenters. The molecule has 1 N–H and O–H groups in total. The van der Waals surface area contributed by atoms with E-state index in [9.17, 15) is 9.59 Å². The van der Waals surface area contributed by atoms with E-state index in [0.29, 0.717) is 43.7 Å². The van der Waals surface area contributed by atoms with Gasteiger partial charge in [-0.15, -0.1) is 0 Å². The van der Waals surface area contributed by atoms with Crippen LogP contribution in [0.4, 0.5) is 4.79 Å². The van der Waals surface area contributed by atoms with Crippen molar-refractivity contribution in [1.82, 2.24) is 10.2 Å². The molecule has 5 heteroatoms. The van der Waals surface area contributed by atoms with E-state index in [1.807, 2.05) is 20.8 Å². The van der Waals surface area contributed by atoms with Gasteiger partial charge < -0.3 is 15.0 Å². The summed E-state index contributed by atoms with van der Waals surface area (Å²) in [4.78, 5) is 25.2. The topological polar surface area (TPSA) is 58.6 Å². The molecule has 0 radical (unpaired) electrons. The second kappa shape index (κ2) is 6.12. The van der Waals surface area contributed by atoms with Crippen LogP contribution in [0.15, 0.2) is 0 Å². The molecular weight excluding hydrogens is 256 g/mol. The summed E-state index contributed by atoms with van der Waals surface area (Å²) in [7, 11) is 0. The number of hydrogen-bond donors (Lipinski definition) is 1. The fourth-order valence-electron chi connectivity index (χ4n) is 2.95. The SMILES string of the molecule is CC(C)(C)OC(=O)N1CCNC(C2CCC(=O)CC2)C1. The average Bonchev–Trinajstić information content (AvgIpc) is 2.38. The number of carbonyl (C=O) groups is 2. The summed E-state index contributed by atoms with van der Waals surface area (Å²) in [6, 6.07) is 0.296. The van der Waals surface area contributed by atoms with Crippen LogP contribution >= 0.6 is 0 Å². The number of ketones is 1. The molecule has 0 aromatic carbocycles. The first-order valence-corrected chi connectivity index (χ1v) is 7.58. The molecule has 0 spiro atoms. The monoisotopic (exact) mass is 282 g/mol. The van der Waals surface area contributed by atoms with Gasteiger partial charge in [0.25, 0.3) is 0 Å². The number of amides is 1. The van der Waals surface area contributed by atoms with Crippen LogP contribution < -0.4 is 5.32 Å². The Hall–Kier alpha value is -1.10. The average molecular weight is 282 g/mol. The van der Waals surface area contributed by atoms with Gasteiger partial charge in [-0.25, -0.2) is 4.79 Å². The summed E-state index contributed by atoms with van der Waals surface area (Å²) in [6.45, 7) is 7.84. The number of ether oxygens (including phenoxy) is 1. The van der Waals surface area contributed by atoms with Crippen LogP contribution in [0, 0.1) is 5.92 Å². The third-order valence-electron chi connectivity index (χ3n) is 4.01. The van der Waals surface area contributed by atoms with Gasteiger partial charge in [0, 0.05) is 38.5 Å². The lowest BCUT2D eigenvalue weighted by molar-refractivity contribution is -0.121. The minimum Gasteiger partial charge on any atom is -0.444 e. The molecule has 5 nitrogen and oxygen atoms in total. The van der Waals surface area contributed by atoms with Crippen molar-refractivity contribution >= 4 is 11.9 Å². The lowest BCUT2D eigenvalue weighted by atomic mass is 9.82. The normalized spacial score (nSPS) is 25.6. The van der Waals surface area contributed by atoms with Gasteiger partial charge in [-0.3, -0.25) is 4.79 Å². The standard InChI is InChI=1S/C15H26N2O3/c1-15(2,3)20-14(19)17-9-8-16-13(10-17)11-4-6-12(18)7-5-11/h11,13,16H,4-10H2,1-3H3. The Morgan fingerprint density at radius 3 is 2.55 bits per heavy atom. The van der Waals surface area contributed by atoms with E-state index in [0.717, 1.165) is 19.4 Å². The van der Waals surface area contributed by atoms with Gasteiger partial charge in [-0.05, 0) is 39.5 Å². The molecule has 1 saturated carbocycles. The van der Waals surface area contributed by atoms with Crippen molar-refractivity contribution in [3.05, 3.63) is 0 Å². The molecule has 20 heavy (non-hydrogen) atoms. The molecule has 1 saturated heterocycles. The van der Waals surface area contributed by atoms with Crippen LogP contribution in [-0.4, -0.2) is 48.1 Å². The summed E-state index contributed by atoms with van der Waals surface area (Å²) in [5.41, 5.74) is -0.450. The van der Waals surface area contributed by atoms with Gasteiger partial charge >= 0.3 is 6.09 Å². The molecule has 2 rings (SSSR count). The molecule has 1 amide bonds. The first-order chi connectivity index (χ1) is 9.35. The largest absolute Gasteiger partial charge is 0.444 e. The van der Waals surface area contributed by atoms with E-state index in [1.54, 1.807) is 4.90 Å². The van der Waals surface area contributed by atoms with E-state index in [1.165, 1.54) is 0 Å². The highest BCUT2D eigenvalue weighted by Gasteiger charge is 2.33. The van der Waals surface area contributed by atoms with Gasteiger partial charge in [-0.2, -0.15) is 0 Å². The highest BCUT2D eigenvalue weighted by molar-refractivity contribution is 5.79. The highest BCUT2D eigenvalue weighted by Crippen LogP contribution is 2.26. The lowest BCUT2D eigenvalue weighted by Crippen LogP contribution is -2.56. The van der Waals surface area contributed by atoms with E-state index in [-0.39, 0.29) is 6.09 Å². The molecule has 2 fully saturated rings. The lowest BCUT2D eigenvalue weighted by Gasteiger charge is -2.39. The number of nitrogens with zero attached hydrogens (tertiary/aromatic N) is 1. The Kier molecular flexibility index (Phi) is 4.68. The second-order valence-corrected chi connectivity index (χ2v) is 6.86. The first-order valence-electron chi connectivity index (χ1n) is 7.58. The molecule has 0 aromatic heterocycles. The fraction of sp³-hybridized carbons (Fsp3) is 0.867. The van der Waals surface area contributed by atoms with E-state index >= 15 is 0 Å². The Morgan fingerprint density at radius 1 is 1.30 bits per heavy atom. The Balaban J connectivity index is 1.88. The predicted octanol–water partition coefficient (Wildman–Crippen LogP) is 1.95. The summed E-state index contributed by atoms with van der Waals surface area (Å²) in [6.07, 6.45) is 3.04. The van der Waals surface area contributed by atoms with Crippen LogP contribution in [0.25, 0.3) is 0 Å². The highest BCUT2D eigenvalue weighted by atomic mass is 16.6. The molecule has 0 bridgehead atoms. The number of piperazine rings is 1. The van der Waals surface area contributed by atoms with Crippen molar-refractivity contribution in [2.45, 2.75) is 58.1 Å². The molecule has 1 heterocycles. The number of nitrogens with one attached hydrogen (secondary N) is 1. The van der Waals surface area contributed by atoms with E-state index in [4.69, 9.17) is 4.74 Å². The zero-order chi connectivity index (χ0) is 14.8. The third-order valence-corrected chi connectivity index (χ3v) is 4.01. The van der Waals surface area contributed by atoms with Crippen molar-refractivity contribution in [2.75, 3.05) is 19.6 Å². The minimum atomic E-state index is -0.450. The van der Waals surface area contributed by atoms with Crippen LogP contribution in [-0.2, 0) is 9.53 Å². The maximum absolute atomic E-state index is 12.1. The van der Waals surface area contributed by atoms with Gasteiger partial charge in [0.05, 0.1) is 0 Å².